The van der Waals surface area contributed by atoms with Crippen LogP contribution in [0.1, 0.15) is 95.9 Å². The van der Waals surface area contributed by atoms with E-state index in [1.165, 1.54) is 18.2 Å². The summed E-state index contributed by atoms with van der Waals surface area (Å²) in [6.45, 7) is 7.93. The number of hydrogen-bond donors (Lipinski definition) is 4. The zero-order valence-electron chi connectivity index (χ0n) is 37.9. The molecule has 1 atom stereocenters. The summed E-state index contributed by atoms with van der Waals surface area (Å²) in [5.41, 5.74) is 1.29. The number of nitrogens with zero attached hydrogens (tertiary/aromatic N) is 3. The van der Waals surface area contributed by atoms with Crippen molar-refractivity contribution in [1.82, 2.24) is 9.64 Å². The van der Waals surface area contributed by atoms with Crippen molar-refractivity contribution in [2.24, 2.45) is 0 Å². The van der Waals surface area contributed by atoms with Gasteiger partial charge in [-0.05, 0) is 73.7 Å². The van der Waals surface area contributed by atoms with Gasteiger partial charge in [-0.2, -0.15) is 33.7 Å². The third kappa shape index (κ3) is 14.7. The number of amides is 2. The van der Waals surface area contributed by atoms with Crippen LogP contribution in [-0.2, 0) is 70.5 Å². The molecule has 20 nitrogen and oxygen atoms in total. The quantitative estimate of drug-likeness (QED) is 0.0493. The highest BCUT2D eigenvalue weighted by Crippen LogP contribution is 2.51. The Hall–Kier alpha value is -5.08. The summed E-state index contributed by atoms with van der Waals surface area (Å²) < 4.78 is 140. The molecule has 1 unspecified atom stereocenters. The Morgan fingerprint density at radius 1 is 0.794 bits per heavy atom. The van der Waals surface area contributed by atoms with Gasteiger partial charge in [0.1, 0.15) is 24.6 Å². The molecule has 3 heterocycles. The van der Waals surface area contributed by atoms with E-state index in [2.05, 4.69) is 0 Å². The first-order valence-corrected chi connectivity index (χ1v) is 27.8. The van der Waals surface area contributed by atoms with E-state index in [1.54, 1.807) is 58.9 Å². The van der Waals surface area contributed by atoms with Crippen molar-refractivity contribution in [3.05, 3.63) is 94.7 Å². The highest BCUT2D eigenvalue weighted by atomic mass is 32.2. The fraction of sp³-hybridized carbons (Fsp3) is 0.455. The van der Waals surface area contributed by atoms with Gasteiger partial charge in [0, 0.05) is 72.5 Å². The first-order chi connectivity index (χ1) is 31.4. The predicted octanol–water partition coefficient (Wildman–Crippen LogP) is 4.54. The van der Waals surface area contributed by atoms with Crippen LogP contribution >= 0.6 is 0 Å². The summed E-state index contributed by atoms with van der Waals surface area (Å²) in [6, 6.07) is 11.1. The maximum atomic E-state index is 12.8. The third-order valence-corrected chi connectivity index (χ3v) is 14.6. The Labute approximate surface area is 396 Å². The van der Waals surface area contributed by atoms with Gasteiger partial charge in [0.15, 0.2) is 0 Å². The van der Waals surface area contributed by atoms with Gasteiger partial charge in [0.2, 0.25) is 5.36 Å². The van der Waals surface area contributed by atoms with E-state index in [0.717, 1.165) is 5.56 Å². The molecule has 2 amide bonds. The van der Waals surface area contributed by atoms with Gasteiger partial charge in [-0.15, -0.1) is 5.06 Å². The second-order valence-electron chi connectivity index (χ2n) is 17.7. The van der Waals surface area contributed by atoms with Gasteiger partial charge >= 0.3 is 5.97 Å². The number of carbonyl (C=O) groups excluding carboxylic acids is 3. The molecule has 0 aromatic heterocycles. The minimum atomic E-state index is -4.69. The van der Waals surface area contributed by atoms with Crippen molar-refractivity contribution in [2.45, 2.75) is 94.8 Å². The molecular formula is C44H56N3O17S4+. The number of carbonyl (C=O) groups is 3. The maximum Gasteiger partial charge on any atom is 0.333 e. The SMILES string of the molecule is CC(C)(C)c1cc(/C=C/C=C/C=C2\N(CCCS(=O)(=O)O)c3ccc(S(=O)(=O)O)cc3C2(C)CCCC(=O)ON2C(=O)CCC2=O)c2ccc(=[N+](CCCS(=O)(=O)O)CCCS(=O)(=O)O)cc-2o1. The minimum absolute atomic E-state index is 0.0252. The van der Waals surface area contributed by atoms with E-state index in [9.17, 15) is 66.3 Å². The fourth-order valence-corrected chi connectivity index (χ4v) is 10.0. The summed E-state index contributed by atoms with van der Waals surface area (Å²) in [6.07, 6.45) is 8.56. The molecule has 372 valence electrons. The van der Waals surface area contributed by atoms with Crippen molar-refractivity contribution in [3.8, 4) is 11.3 Å². The fourth-order valence-electron chi connectivity index (χ4n) is 8.01. The Kier molecular flexibility index (Phi) is 16.9. The van der Waals surface area contributed by atoms with Crippen LogP contribution in [0, 0.1) is 0 Å². The summed E-state index contributed by atoms with van der Waals surface area (Å²) in [4.78, 5) is 43.3. The van der Waals surface area contributed by atoms with E-state index < -0.39 is 91.2 Å². The molecule has 3 aliphatic heterocycles. The molecule has 1 aromatic rings. The first kappa shape index (κ1) is 53.9. The Balaban J connectivity index is 1.54. The van der Waals surface area contributed by atoms with Crippen LogP contribution in [0.25, 0.3) is 17.4 Å². The molecule has 1 saturated heterocycles. The number of anilines is 1. The van der Waals surface area contributed by atoms with E-state index >= 15 is 0 Å². The summed E-state index contributed by atoms with van der Waals surface area (Å²) in [5, 5.41) is 1.01. The van der Waals surface area contributed by atoms with Gasteiger partial charge in [-0.3, -0.25) is 27.8 Å². The molecule has 0 saturated carbocycles. The summed E-state index contributed by atoms with van der Waals surface area (Å²) in [7, 11) is -17.6. The lowest BCUT2D eigenvalue weighted by Gasteiger charge is -2.30. The van der Waals surface area contributed by atoms with Gasteiger partial charge < -0.3 is 14.2 Å². The van der Waals surface area contributed by atoms with Crippen LogP contribution < -0.4 is 14.8 Å². The molecule has 68 heavy (non-hydrogen) atoms. The second-order valence-corrected chi connectivity index (χ2v) is 23.9. The van der Waals surface area contributed by atoms with Crippen LogP contribution in [0.3, 0.4) is 0 Å². The van der Waals surface area contributed by atoms with E-state index in [1.807, 2.05) is 32.9 Å². The van der Waals surface area contributed by atoms with Gasteiger partial charge in [-0.1, -0.05) is 45.1 Å². The van der Waals surface area contributed by atoms with Crippen LogP contribution in [-0.4, -0.2) is 112 Å². The first-order valence-electron chi connectivity index (χ1n) is 21.5. The molecule has 0 bridgehead atoms. The number of hydroxylamine groups is 2. The zero-order chi connectivity index (χ0) is 50.5. The number of rotatable bonds is 21. The molecule has 4 N–H and O–H groups in total. The molecule has 4 aliphatic rings. The highest BCUT2D eigenvalue weighted by Gasteiger charge is 2.44. The topological polar surface area (TPSA) is 301 Å². The monoisotopic (exact) mass is 1030 g/mol. The number of hydrogen-bond acceptors (Lipinski definition) is 14. The molecule has 5 rings (SSSR count). The largest absolute Gasteiger partial charge is 0.460 e. The standard InChI is InChI=1S/C44H55N3O17S4/c1-43(2,3)39-28-31(34-17-15-32(29-37(34)63-39)45(22-9-25-65(51,52)53)23-10-26-66(54,55)56)12-6-5-7-13-38-44(4,21-8-14-42(50)64-47-40(48)19-20-41(47)49)35-30-33(68(60,61)62)16-18-36(35)46(38)24-11-27-67(57,58)59/h5-7,12-13,15-18,28-30H,8-11,14,19-27H2,1-4H3,(H3-,51,52,53,54,55,56,57,58,59,60,61,62)/p+1. The molecule has 24 heteroatoms. The lowest BCUT2D eigenvalue weighted by molar-refractivity contribution is -0.197. The van der Waals surface area contributed by atoms with Crippen LogP contribution in [0.5, 0.6) is 0 Å². The number of fused-ring (bicyclic) bond motifs is 2. The van der Waals surface area contributed by atoms with Crippen LogP contribution in [0.15, 0.2) is 81.8 Å². The van der Waals surface area contributed by atoms with E-state index in [-0.39, 0.29) is 71.0 Å². The van der Waals surface area contributed by atoms with E-state index in [4.69, 9.17) is 9.25 Å². The molecule has 1 aliphatic carbocycles. The lowest BCUT2D eigenvalue weighted by atomic mass is 9.77. The molecule has 1 fully saturated rings. The Bertz CT molecular complexity index is 2970. The molecule has 0 spiro atoms. The normalized spacial score (nSPS) is 17.9. The molecule has 1 aromatic carbocycles. The smallest absolute Gasteiger partial charge is 0.333 e. The highest BCUT2D eigenvalue weighted by molar-refractivity contribution is 7.86. The van der Waals surface area contributed by atoms with Gasteiger partial charge in [0.25, 0.3) is 52.3 Å². The zero-order valence-corrected chi connectivity index (χ0v) is 41.2. The summed E-state index contributed by atoms with van der Waals surface area (Å²) in [5.74, 6) is -2.72. The number of allylic oxidation sites excluding steroid dienone is 5. The average Bonchev–Trinajstić information content (AvgIpc) is 3.64. The Morgan fingerprint density at radius 3 is 1.97 bits per heavy atom. The van der Waals surface area contributed by atoms with Crippen molar-refractivity contribution in [1.29, 1.82) is 0 Å². The number of benzene rings is 2. The van der Waals surface area contributed by atoms with E-state index in [0.29, 0.717) is 44.5 Å². The summed E-state index contributed by atoms with van der Waals surface area (Å²) >= 11 is 0. The second kappa shape index (κ2) is 21.3. The van der Waals surface area contributed by atoms with Gasteiger partial charge in [0.05, 0.1) is 28.2 Å². The van der Waals surface area contributed by atoms with Crippen LogP contribution in [0.4, 0.5) is 5.69 Å². The van der Waals surface area contributed by atoms with Crippen molar-refractivity contribution in [2.75, 3.05) is 41.8 Å². The third-order valence-electron chi connectivity index (χ3n) is 11.3. The Morgan fingerprint density at radius 2 is 1.40 bits per heavy atom. The predicted molar refractivity (Wildman–Crippen MR) is 250 cm³/mol. The van der Waals surface area contributed by atoms with Crippen molar-refractivity contribution < 1.29 is 75.5 Å². The van der Waals surface area contributed by atoms with Gasteiger partial charge in [-0.25, -0.2) is 9.37 Å². The van der Waals surface area contributed by atoms with Crippen molar-refractivity contribution in [3.63, 3.8) is 0 Å². The molecular weight excluding hydrogens is 971 g/mol. The maximum absolute atomic E-state index is 12.8. The van der Waals surface area contributed by atoms with Crippen molar-refractivity contribution >= 4 is 70.0 Å². The van der Waals surface area contributed by atoms with Crippen LogP contribution in [0.2, 0.25) is 0 Å². The average molecular weight is 1030 g/mol. The lowest BCUT2D eigenvalue weighted by Crippen LogP contribution is -2.33. The number of imide groups is 1. The minimum Gasteiger partial charge on any atom is -0.460 e. The molecule has 0 radical (unpaired) electrons.